The van der Waals surface area contributed by atoms with Crippen molar-refractivity contribution in [2.75, 3.05) is 21.0 Å². The summed E-state index contributed by atoms with van der Waals surface area (Å²) in [5.41, 5.74) is -0.335. The van der Waals surface area contributed by atoms with Crippen LogP contribution in [0.25, 0.3) is 0 Å². The number of hydrogen-bond acceptors (Lipinski definition) is 6. The monoisotopic (exact) mass is 404 g/mol. The first-order valence-electron chi connectivity index (χ1n) is 9.44. The number of rotatable bonds is 7. The number of benzene rings is 1. The molecule has 1 saturated heterocycles. The molecule has 156 valence electrons. The summed E-state index contributed by atoms with van der Waals surface area (Å²) in [7, 11) is 2.62. The third kappa shape index (κ3) is 3.79. The Labute approximate surface area is 169 Å². The van der Waals surface area contributed by atoms with Crippen molar-refractivity contribution in [3.63, 3.8) is 0 Å². The fourth-order valence-electron chi connectivity index (χ4n) is 4.10. The SMILES string of the molecule is C=CC[C@H]1C[C@]2([C@@H](C)Cc3cc(C(=O)OC)c(OC)cc3F)OCOC2=CC1=O. The maximum absolute atomic E-state index is 14.7. The number of esters is 1. The Morgan fingerprint density at radius 3 is 2.86 bits per heavy atom. The molecule has 0 aromatic heterocycles. The number of halogens is 1. The first-order chi connectivity index (χ1) is 13.9. The van der Waals surface area contributed by atoms with Gasteiger partial charge in [-0.3, -0.25) is 4.79 Å². The van der Waals surface area contributed by atoms with Crippen LogP contribution in [-0.2, 0) is 25.4 Å². The molecule has 0 amide bonds. The summed E-state index contributed by atoms with van der Waals surface area (Å²) in [6, 6.07) is 2.63. The Balaban J connectivity index is 1.94. The zero-order valence-electron chi connectivity index (χ0n) is 16.8. The van der Waals surface area contributed by atoms with Crippen molar-refractivity contribution in [2.24, 2.45) is 11.8 Å². The van der Waals surface area contributed by atoms with Crippen molar-refractivity contribution in [3.8, 4) is 5.75 Å². The van der Waals surface area contributed by atoms with Gasteiger partial charge in [0.1, 0.15) is 28.5 Å². The summed E-state index contributed by atoms with van der Waals surface area (Å²) in [5, 5.41) is 0. The number of carbonyl (C=O) groups is 2. The molecule has 6 nitrogen and oxygen atoms in total. The molecule has 0 spiro atoms. The highest BCUT2D eigenvalue weighted by molar-refractivity contribution is 5.94. The molecular weight excluding hydrogens is 379 g/mol. The molecule has 0 unspecified atom stereocenters. The summed E-state index contributed by atoms with van der Waals surface area (Å²) >= 11 is 0. The molecule has 29 heavy (non-hydrogen) atoms. The second kappa shape index (κ2) is 8.37. The van der Waals surface area contributed by atoms with Gasteiger partial charge in [0.15, 0.2) is 12.6 Å². The molecule has 2 aliphatic rings. The van der Waals surface area contributed by atoms with E-state index in [-0.39, 0.29) is 42.1 Å². The number of methoxy groups -OCH3 is 2. The highest BCUT2D eigenvalue weighted by Crippen LogP contribution is 2.46. The topological polar surface area (TPSA) is 71.1 Å². The van der Waals surface area contributed by atoms with Crippen molar-refractivity contribution >= 4 is 11.8 Å². The van der Waals surface area contributed by atoms with E-state index in [1.807, 2.05) is 6.92 Å². The van der Waals surface area contributed by atoms with E-state index in [1.54, 1.807) is 6.08 Å². The van der Waals surface area contributed by atoms with Crippen molar-refractivity contribution in [1.82, 2.24) is 0 Å². The maximum Gasteiger partial charge on any atom is 0.341 e. The summed E-state index contributed by atoms with van der Waals surface area (Å²) in [4.78, 5) is 24.4. The number of allylic oxidation sites excluding steroid dienone is 2. The zero-order chi connectivity index (χ0) is 21.2. The lowest BCUT2D eigenvalue weighted by Crippen LogP contribution is -2.45. The second-order valence-corrected chi connectivity index (χ2v) is 7.37. The van der Waals surface area contributed by atoms with E-state index < -0.39 is 17.4 Å². The van der Waals surface area contributed by atoms with E-state index in [2.05, 4.69) is 6.58 Å². The minimum absolute atomic E-state index is 0.0168. The Morgan fingerprint density at radius 2 is 2.21 bits per heavy atom. The van der Waals surface area contributed by atoms with Gasteiger partial charge < -0.3 is 18.9 Å². The van der Waals surface area contributed by atoms with E-state index >= 15 is 0 Å². The molecule has 3 atom stereocenters. The van der Waals surface area contributed by atoms with Gasteiger partial charge >= 0.3 is 5.97 Å². The van der Waals surface area contributed by atoms with E-state index in [1.165, 1.54) is 32.4 Å². The summed E-state index contributed by atoms with van der Waals surface area (Å²) < 4.78 is 36.1. The Hall–Kier alpha value is -2.67. The smallest absolute Gasteiger partial charge is 0.341 e. The third-order valence-electron chi connectivity index (χ3n) is 5.72. The van der Waals surface area contributed by atoms with Gasteiger partial charge in [-0.25, -0.2) is 9.18 Å². The molecule has 1 heterocycles. The number of ketones is 1. The summed E-state index contributed by atoms with van der Waals surface area (Å²) in [6.07, 6.45) is 4.44. The van der Waals surface area contributed by atoms with E-state index in [4.69, 9.17) is 18.9 Å². The first-order valence-corrected chi connectivity index (χ1v) is 9.44. The predicted octanol–water partition coefficient (Wildman–Crippen LogP) is 3.59. The predicted molar refractivity (Wildman–Crippen MR) is 103 cm³/mol. The molecule has 7 heteroatoms. The van der Waals surface area contributed by atoms with Gasteiger partial charge in [0, 0.05) is 18.1 Å². The van der Waals surface area contributed by atoms with Crippen LogP contribution in [0.2, 0.25) is 0 Å². The highest BCUT2D eigenvalue weighted by atomic mass is 19.1. The molecule has 0 saturated carbocycles. The Bertz CT molecular complexity index is 861. The fraction of sp³-hybridized carbons (Fsp3) is 0.455. The standard InChI is InChI=1S/C22H25FO6/c1-5-6-14-11-22(20(10-18(14)24)28-12-29-22)13(2)7-15-8-16(21(25)27-4)19(26-3)9-17(15)23/h5,8-10,13-14H,1,6-7,11-12H2,2-4H3/t13-,14-,22+/m0/s1. The summed E-state index contributed by atoms with van der Waals surface area (Å²) in [5.74, 6) is -0.994. The number of ether oxygens (including phenoxy) is 4. The van der Waals surface area contributed by atoms with Crippen molar-refractivity contribution in [3.05, 3.63) is 53.6 Å². The Morgan fingerprint density at radius 1 is 1.45 bits per heavy atom. The van der Waals surface area contributed by atoms with Gasteiger partial charge in [-0.05, 0) is 36.8 Å². The van der Waals surface area contributed by atoms with Gasteiger partial charge in [-0.2, -0.15) is 0 Å². The zero-order valence-corrected chi connectivity index (χ0v) is 16.8. The molecule has 0 N–H and O–H groups in total. The fourth-order valence-corrected chi connectivity index (χ4v) is 4.10. The van der Waals surface area contributed by atoms with Crippen molar-refractivity contribution in [2.45, 2.75) is 31.8 Å². The number of fused-ring (bicyclic) bond motifs is 1. The van der Waals surface area contributed by atoms with Gasteiger partial charge in [0.2, 0.25) is 0 Å². The van der Waals surface area contributed by atoms with Gasteiger partial charge in [0.25, 0.3) is 0 Å². The molecule has 0 bridgehead atoms. The third-order valence-corrected chi connectivity index (χ3v) is 5.72. The average Bonchev–Trinajstić information content (AvgIpc) is 3.12. The molecule has 1 aromatic rings. The normalized spacial score (nSPS) is 24.2. The van der Waals surface area contributed by atoms with Crippen LogP contribution in [-0.4, -0.2) is 38.4 Å². The van der Waals surface area contributed by atoms with Crippen LogP contribution in [0, 0.1) is 17.7 Å². The quantitative estimate of drug-likeness (QED) is 0.511. The highest BCUT2D eigenvalue weighted by Gasteiger charge is 2.51. The molecule has 1 aromatic carbocycles. The van der Waals surface area contributed by atoms with Crippen LogP contribution >= 0.6 is 0 Å². The van der Waals surface area contributed by atoms with Gasteiger partial charge in [-0.15, -0.1) is 6.58 Å². The average molecular weight is 404 g/mol. The van der Waals surface area contributed by atoms with Crippen LogP contribution in [0.5, 0.6) is 5.75 Å². The van der Waals surface area contributed by atoms with Crippen LogP contribution in [0.3, 0.4) is 0 Å². The lowest BCUT2D eigenvalue weighted by molar-refractivity contribution is -0.123. The van der Waals surface area contributed by atoms with Crippen LogP contribution in [0.15, 0.2) is 36.6 Å². The molecule has 3 rings (SSSR count). The molecular formula is C22H25FO6. The van der Waals surface area contributed by atoms with E-state index in [9.17, 15) is 14.0 Å². The van der Waals surface area contributed by atoms with Gasteiger partial charge in [0.05, 0.1) is 14.2 Å². The van der Waals surface area contributed by atoms with Crippen molar-refractivity contribution < 1.29 is 32.9 Å². The Kier molecular flexibility index (Phi) is 6.07. The van der Waals surface area contributed by atoms with Gasteiger partial charge in [-0.1, -0.05) is 13.0 Å². The number of hydrogen-bond donors (Lipinski definition) is 0. The lowest BCUT2D eigenvalue weighted by Gasteiger charge is -2.38. The minimum atomic E-state index is -0.820. The van der Waals surface area contributed by atoms with E-state index in [0.717, 1.165) is 0 Å². The van der Waals surface area contributed by atoms with Crippen molar-refractivity contribution in [1.29, 1.82) is 0 Å². The number of carbonyl (C=O) groups excluding carboxylic acids is 2. The first kappa shape index (κ1) is 21.0. The second-order valence-electron chi connectivity index (χ2n) is 7.37. The largest absolute Gasteiger partial charge is 0.496 e. The molecule has 1 aliphatic carbocycles. The minimum Gasteiger partial charge on any atom is -0.496 e. The van der Waals surface area contributed by atoms with Crippen LogP contribution in [0.4, 0.5) is 4.39 Å². The van der Waals surface area contributed by atoms with Crippen LogP contribution in [0.1, 0.15) is 35.7 Å². The van der Waals surface area contributed by atoms with Crippen LogP contribution < -0.4 is 4.74 Å². The maximum atomic E-state index is 14.7. The lowest BCUT2D eigenvalue weighted by atomic mass is 9.71. The molecule has 1 aliphatic heterocycles. The van der Waals surface area contributed by atoms with E-state index in [0.29, 0.717) is 24.2 Å². The molecule has 0 radical (unpaired) electrons. The summed E-state index contributed by atoms with van der Waals surface area (Å²) in [6.45, 7) is 5.69. The molecule has 1 fully saturated rings.